The molecule has 3 heteroatoms. The summed E-state index contributed by atoms with van der Waals surface area (Å²) in [6, 6.07) is 3.75. The average Bonchev–Trinajstić information content (AvgIpc) is 2.14. The highest BCUT2D eigenvalue weighted by Crippen LogP contribution is 2.22. The van der Waals surface area contributed by atoms with E-state index in [1.165, 1.54) is 0 Å². The fraction of sp³-hybridized carbons (Fsp3) is 0.400. The van der Waals surface area contributed by atoms with Gasteiger partial charge in [0.05, 0.1) is 6.61 Å². The van der Waals surface area contributed by atoms with Gasteiger partial charge < -0.3 is 10.8 Å². The normalized spacial score (nSPS) is 9.00. The first-order valence-electron chi connectivity index (χ1n) is 4.30. The number of nitrogen functional groups attached to an aromatic ring is 1. The summed E-state index contributed by atoms with van der Waals surface area (Å²) in [5.74, 6) is 0. The predicted molar refractivity (Wildman–Crippen MR) is 60.6 cm³/mol. The van der Waals surface area contributed by atoms with Crippen molar-refractivity contribution >= 4 is 21.6 Å². The number of nitrogens with two attached hydrogens (primary N) is 1. The van der Waals surface area contributed by atoms with Crippen LogP contribution in [0.15, 0.2) is 16.6 Å². The fourth-order valence-corrected chi connectivity index (χ4v) is 1.57. The van der Waals surface area contributed by atoms with E-state index in [0.717, 1.165) is 15.6 Å². The van der Waals surface area contributed by atoms with Gasteiger partial charge in [0.25, 0.3) is 0 Å². The highest BCUT2D eigenvalue weighted by molar-refractivity contribution is 9.10. The molecule has 0 atom stereocenters. The van der Waals surface area contributed by atoms with Gasteiger partial charge in [-0.15, -0.1) is 0 Å². The third-order valence-electron chi connectivity index (χ3n) is 1.61. The Morgan fingerprint density at radius 1 is 1.38 bits per heavy atom. The monoisotopic (exact) mass is 245 g/mol. The van der Waals surface area contributed by atoms with Gasteiger partial charge in [-0.05, 0) is 24.6 Å². The van der Waals surface area contributed by atoms with Crippen molar-refractivity contribution in [3.05, 3.63) is 27.7 Å². The molecule has 13 heavy (non-hydrogen) atoms. The average molecular weight is 246 g/mol. The van der Waals surface area contributed by atoms with Gasteiger partial charge in [0.1, 0.15) is 0 Å². The highest BCUT2D eigenvalue weighted by atomic mass is 79.9. The van der Waals surface area contributed by atoms with Crippen LogP contribution in [0, 0.1) is 6.92 Å². The van der Waals surface area contributed by atoms with E-state index < -0.39 is 0 Å². The molecule has 0 aliphatic rings. The van der Waals surface area contributed by atoms with Crippen LogP contribution in [-0.2, 0) is 6.61 Å². The number of hydrogen-bond donors (Lipinski definition) is 2. The van der Waals surface area contributed by atoms with Crippen LogP contribution < -0.4 is 5.73 Å². The second-order valence-corrected chi connectivity index (χ2v) is 3.37. The van der Waals surface area contributed by atoms with Gasteiger partial charge in [-0.1, -0.05) is 29.8 Å². The van der Waals surface area contributed by atoms with Crippen molar-refractivity contribution in [3.8, 4) is 0 Å². The molecule has 1 aromatic carbocycles. The van der Waals surface area contributed by atoms with Crippen molar-refractivity contribution in [2.45, 2.75) is 27.4 Å². The molecular formula is C10H16BrNO. The van der Waals surface area contributed by atoms with Crippen molar-refractivity contribution < 1.29 is 5.11 Å². The van der Waals surface area contributed by atoms with E-state index in [2.05, 4.69) is 15.9 Å². The zero-order valence-electron chi connectivity index (χ0n) is 8.26. The first kappa shape index (κ1) is 12.5. The maximum absolute atomic E-state index is 8.87. The maximum atomic E-state index is 8.87. The minimum absolute atomic E-state index is 0.00782. The molecule has 0 aliphatic heterocycles. The Morgan fingerprint density at radius 3 is 2.38 bits per heavy atom. The Labute approximate surface area is 87.9 Å². The number of rotatable bonds is 1. The van der Waals surface area contributed by atoms with E-state index in [1.54, 1.807) is 0 Å². The molecule has 1 rings (SSSR count). The summed E-state index contributed by atoms with van der Waals surface area (Å²) >= 11 is 3.32. The fourth-order valence-electron chi connectivity index (χ4n) is 0.955. The van der Waals surface area contributed by atoms with Gasteiger partial charge in [-0.25, -0.2) is 0 Å². The van der Waals surface area contributed by atoms with E-state index in [1.807, 2.05) is 32.9 Å². The predicted octanol–water partition coefficient (Wildman–Crippen LogP) is 2.86. The van der Waals surface area contributed by atoms with Gasteiger partial charge >= 0.3 is 0 Å². The molecule has 0 heterocycles. The summed E-state index contributed by atoms with van der Waals surface area (Å²) in [6.45, 7) is 5.91. The van der Waals surface area contributed by atoms with Crippen molar-refractivity contribution in [2.24, 2.45) is 0 Å². The molecule has 0 amide bonds. The molecule has 0 aliphatic carbocycles. The Bertz CT molecular complexity index is 274. The topological polar surface area (TPSA) is 46.2 Å². The van der Waals surface area contributed by atoms with Gasteiger partial charge in [-0.3, -0.25) is 0 Å². The molecule has 0 radical (unpaired) electrons. The third kappa shape index (κ3) is 3.36. The van der Waals surface area contributed by atoms with E-state index in [0.29, 0.717) is 5.69 Å². The number of aliphatic hydroxyl groups is 1. The van der Waals surface area contributed by atoms with Crippen molar-refractivity contribution in [1.29, 1.82) is 0 Å². The smallest absolute Gasteiger partial charge is 0.0702 e. The van der Waals surface area contributed by atoms with Crippen molar-refractivity contribution in [1.82, 2.24) is 0 Å². The molecule has 0 fully saturated rings. The van der Waals surface area contributed by atoms with Crippen LogP contribution in [0.5, 0.6) is 0 Å². The maximum Gasteiger partial charge on any atom is 0.0702 e. The first-order chi connectivity index (χ1) is 6.15. The van der Waals surface area contributed by atoms with Crippen LogP contribution in [-0.4, -0.2) is 5.11 Å². The van der Waals surface area contributed by atoms with Crippen LogP contribution in [0.1, 0.15) is 25.0 Å². The SMILES string of the molecule is CC.Cc1cc(Br)cc(CO)c1N. The summed E-state index contributed by atoms with van der Waals surface area (Å²) in [4.78, 5) is 0. The Kier molecular flexibility index (Phi) is 5.75. The Balaban J connectivity index is 0.000000671. The van der Waals surface area contributed by atoms with Crippen LogP contribution in [0.25, 0.3) is 0 Å². The van der Waals surface area contributed by atoms with E-state index >= 15 is 0 Å². The largest absolute Gasteiger partial charge is 0.398 e. The molecule has 0 unspecified atom stereocenters. The van der Waals surface area contributed by atoms with Crippen LogP contribution in [0.4, 0.5) is 5.69 Å². The number of hydrogen-bond acceptors (Lipinski definition) is 2. The van der Waals surface area contributed by atoms with Gasteiger partial charge in [-0.2, -0.15) is 0 Å². The van der Waals surface area contributed by atoms with Crippen molar-refractivity contribution in [3.63, 3.8) is 0 Å². The van der Waals surface area contributed by atoms with E-state index in [9.17, 15) is 0 Å². The van der Waals surface area contributed by atoms with E-state index in [4.69, 9.17) is 10.8 Å². The summed E-state index contributed by atoms with van der Waals surface area (Å²) in [5, 5.41) is 8.87. The molecule has 1 aromatic rings. The molecule has 0 aromatic heterocycles. The standard InChI is InChI=1S/C8H10BrNO.C2H6/c1-5-2-7(9)3-6(4-11)8(5)10;1-2/h2-3,11H,4,10H2,1H3;1-2H3. The summed E-state index contributed by atoms with van der Waals surface area (Å²) < 4.78 is 0.952. The van der Waals surface area contributed by atoms with Crippen LogP contribution in [0.2, 0.25) is 0 Å². The number of aliphatic hydroxyl groups excluding tert-OH is 1. The molecule has 0 bridgehead atoms. The molecule has 74 valence electrons. The third-order valence-corrected chi connectivity index (χ3v) is 2.07. The number of benzene rings is 1. The molecule has 0 spiro atoms. The minimum Gasteiger partial charge on any atom is -0.398 e. The zero-order valence-corrected chi connectivity index (χ0v) is 9.85. The highest BCUT2D eigenvalue weighted by Gasteiger charge is 2.01. The molecule has 0 saturated carbocycles. The molecule has 2 nitrogen and oxygen atoms in total. The lowest BCUT2D eigenvalue weighted by Crippen LogP contribution is -1.96. The van der Waals surface area contributed by atoms with Gasteiger partial charge in [0, 0.05) is 15.7 Å². The lowest BCUT2D eigenvalue weighted by Gasteiger charge is -2.05. The second-order valence-electron chi connectivity index (χ2n) is 2.45. The van der Waals surface area contributed by atoms with Crippen molar-refractivity contribution in [2.75, 3.05) is 5.73 Å². The first-order valence-corrected chi connectivity index (χ1v) is 5.10. The number of aryl methyl sites for hydroxylation is 1. The number of anilines is 1. The van der Waals surface area contributed by atoms with Gasteiger partial charge in [0.15, 0.2) is 0 Å². The Hall–Kier alpha value is -0.540. The lowest BCUT2D eigenvalue weighted by atomic mass is 10.1. The number of halogens is 1. The molecule has 3 N–H and O–H groups in total. The summed E-state index contributed by atoms with van der Waals surface area (Å²) in [5.41, 5.74) is 8.12. The molecule has 0 saturated heterocycles. The zero-order chi connectivity index (χ0) is 10.4. The van der Waals surface area contributed by atoms with E-state index in [-0.39, 0.29) is 6.61 Å². The lowest BCUT2D eigenvalue weighted by molar-refractivity contribution is 0.282. The minimum atomic E-state index is -0.00782. The summed E-state index contributed by atoms with van der Waals surface area (Å²) in [7, 11) is 0. The second kappa shape index (κ2) is 6.00. The summed E-state index contributed by atoms with van der Waals surface area (Å²) in [6.07, 6.45) is 0. The van der Waals surface area contributed by atoms with Crippen LogP contribution in [0.3, 0.4) is 0 Å². The molecular weight excluding hydrogens is 230 g/mol. The Morgan fingerprint density at radius 2 is 1.92 bits per heavy atom. The quantitative estimate of drug-likeness (QED) is 0.748. The van der Waals surface area contributed by atoms with Gasteiger partial charge in [0.2, 0.25) is 0 Å². The van der Waals surface area contributed by atoms with Crippen LogP contribution >= 0.6 is 15.9 Å².